The maximum Gasteiger partial charge on any atom is 0.304 e. The maximum absolute atomic E-state index is 10.6. The molecule has 0 fully saturated rings. The van der Waals surface area contributed by atoms with Crippen molar-refractivity contribution in [3.05, 3.63) is 35.0 Å². The van der Waals surface area contributed by atoms with E-state index in [9.17, 15) is 4.79 Å². The summed E-state index contributed by atoms with van der Waals surface area (Å²) in [6, 6.07) is 7.60. The molecule has 0 bridgehead atoms. The van der Waals surface area contributed by atoms with Gasteiger partial charge in [-0.25, -0.2) is 0 Å². The predicted octanol–water partition coefficient (Wildman–Crippen LogP) is 2.59. The molecule has 9 heteroatoms. The molecule has 0 aliphatic rings. The summed E-state index contributed by atoms with van der Waals surface area (Å²) in [4.78, 5) is 13.7. The van der Waals surface area contributed by atoms with Gasteiger partial charge >= 0.3 is 5.97 Å². The van der Waals surface area contributed by atoms with Crippen LogP contribution in [-0.4, -0.2) is 39.3 Å². The number of nitrogens with one attached hydrogen (secondary N) is 2. The number of hydrogen-bond donors (Lipinski definition) is 2. The summed E-state index contributed by atoms with van der Waals surface area (Å²) in [7, 11) is 0. The van der Waals surface area contributed by atoms with Crippen LogP contribution >= 0.6 is 11.6 Å². The Bertz CT molecular complexity index is 856. The van der Waals surface area contributed by atoms with Crippen LogP contribution in [0.25, 0.3) is 17.0 Å². The van der Waals surface area contributed by atoms with Crippen molar-refractivity contribution < 1.29 is 14.3 Å². The van der Waals surface area contributed by atoms with Crippen molar-refractivity contribution in [1.29, 1.82) is 0 Å². The molecule has 2 heterocycles. The number of rotatable bonds is 6. The van der Waals surface area contributed by atoms with Crippen molar-refractivity contribution in [2.24, 2.45) is 0 Å². The van der Waals surface area contributed by atoms with E-state index in [0.29, 0.717) is 16.5 Å². The number of ether oxygens (including phenoxy) is 2. The molecule has 1 aromatic carbocycles. The van der Waals surface area contributed by atoms with E-state index in [2.05, 4.69) is 25.2 Å². The van der Waals surface area contributed by atoms with Crippen LogP contribution in [0, 0.1) is 6.92 Å². The zero-order valence-electron chi connectivity index (χ0n) is 13.2. The van der Waals surface area contributed by atoms with Crippen LogP contribution < -0.4 is 5.32 Å². The summed E-state index contributed by atoms with van der Waals surface area (Å²) >= 11 is 6.16. The largest absolute Gasteiger partial charge is 0.439 e. The Kier molecular flexibility index (Phi) is 4.68. The highest BCUT2D eigenvalue weighted by atomic mass is 35.5. The zero-order chi connectivity index (χ0) is 17.1. The van der Waals surface area contributed by atoms with Gasteiger partial charge in [0.15, 0.2) is 18.3 Å². The number of benzene rings is 1. The number of H-pyrrole nitrogens is 1. The standard InChI is InChI=1S/C15H16ClN5O3/c1-9-13(16)15-18-14(20-21(15)19-9)11-3-5-12(6-4-11)17-7-23-8-24-10(2)22/h3-6,17H,7-8H2,1-2H3,(H,18,20). The number of aromatic amines is 1. The minimum Gasteiger partial charge on any atom is -0.439 e. The zero-order valence-corrected chi connectivity index (χ0v) is 13.9. The molecule has 126 valence electrons. The van der Waals surface area contributed by atoms with E-state index in [1.54, 1.807) is 0 Å². The first-order chi connectivity index (χ1) is 11.5. The second-order valence-electron chi connectivity index (χ2n) is 5.07. The van der Waals surface area contributed by atoms with Crippen LogP contribution in [0.2, 0.25) is 5.02 Å². The van der Waals surface area contributed by atoms with E-state index >= 15 is 0 Å². The van der Waals surface area contributed by atoms with Gasteiger partial charge in [-0.1, -0.05) is 11.6 Å². The first kappa shape index (κ1) is 16.3. The summed E-state index contributed by atoms with van der Waals surface area (Å²) in [6.45, 7) is 3.31. The fourth-order valence-corrected chi connectivity index (χ4v) is 2.24. The molecule has 0 radical (unpaired) electrons. The van der Waals surface area contributed by atoms with Crippen molar-refractivity contribution >= 4 is 28.9 Å². The van der Waals surface area contributed by atoms with Gasteiger partial charge < -0.3 is 19.8 Å². The maximum atomic E-state index is 10.6. The van der Waals surface area contributed by atoms with Crippen molar-refractivity contribution in [1.82, 2.24) is 19.8 Å². The number of hydrogen-bond acceptors (Lipinski definition) is 6. The molecule has 0 aliphatic carbocycles. The third kappa shape index (κ3) is 3.50. The van der Waals surface area contributed by atoms with E-state index in [1.165, 1.54) is 11.6 Å². The van der Waals surface area contributed by atoms with E-state index in [-0.39, 0.29) is 19.5 Å². The van der Waals surface area contributed by atoms with Crippen LogP contribution in [0.4, 0.5) is 5.69 Å². The molecule has 0 saturated heterocycles. The Morgan fingerprint density at radius 3 is 2.75 bits per heavy atom. The lowest BCUT2D eigenvalue weighted by atomic mass is 10.2. The third-order valence-corrected chi connectivity index (χ3v) is 3.74. The minimum absolute atomic E-state index is 0.0766. The van der Waals surface area contributed by atoms with Crippen LogP contribution in [-0.2, 0) is 14.3 Å². The minimum atomic E-state index is -0.376. The number of aromatic nitrogens is 4. The van der Waals surface area contributed by atoms with Gasteiger partial charge in [-0.2, -0.15) is 5.10 Å². The highest BCUT2D eigenvalue weighted by Crippen LogP contribution is 2.23. The SMILES string of the molecule is CC(=O)OCOCNc1ccc(-c2nn3nc(C)c(Cl)c3[nH]2)cc1. The molecule has 3 aromatic rings. The number of esters is 1. The van der Waals surface area contributed by atoms with Crippen molar-refractivity contribution in [3.63, 3.8) is 0 Å². The number of anilines is 1. The van der Waals surface area contributed by atoms with Crippen LogP contribution in [0.1, 0.15) is 12.6 Å². The summed E-state index contributed by atoms with van der Waals surface area (Å²) in [5, 5.41) is 12.2. The summed E-state index contributed by atoms with van der Waals surface area (Å²) in [5.74, 6) is 0.302. The molecule has 0 unspecified atom stereocenters. The molecular formula is C15H16ClN5O3. The van der Waals surface area contributed by atoms with Crippen LogP contribution in [0.5, 0.6) is 0 Å². The number of carbonyl (C=O) groups is 1. The van der Waals surface area contributed by atoms with Gasteiger partial charge in [0.1, 0.15) is 11.8 Å². The Morgan fingerprint density at radius 2 is 2.08 bits per heavy atom. The van der Waals surface area contributed by atoms with Crippen LogP contribution in [0.3, 0.4) is 0 Å². The van der Waals surface area contributed by atoms with E-state index in [1.807, 2.05) is 31.2 Å². The van der Waals surface area contributed by atoms with Gasteiger partial charge in [-0.15, -0.1) is 9.73 Å². The van der Waals surface area contributed by atoms with E-state index < -0.39 is 0 Å². The Morgan fingerprint density at radius 1 is 1.33 bits per heavy atom. The van der Waals surface area contributed by atoms with Crippen molar-refractivity contribution in [3.8, 4) is 11.4 Å². The van der Waals surface area contributed by atoms with E-state index in [0.717, 1.165) is 16.9 Å². The molecular weight excluding hydrogens is 334 g/mol. The average Bonchev–Trinajstić information content (AvgIpc) is 3.08. The van der Waals surface area contributed by atoms with Gasteiger partial charge in [0.25, 0.3) is 0 Å². The smallest absolute Gasteiger partial charge is 0.304 e. The summed E-state index contributed by atoms with van der Waals surface area (Å²) in [5.41, 5.74) is 3.17. The van der Waals surface area contributed by atoms with Crippen molar-refractivity contribution in [2.75, 3.05) is 18.8 Å². The molecule has 0 amide bonds. The number of carbonyl (C=O) groups excluding carboxylic acids is 1. The normalized spacial score (nSPS) is 11.0. The lowest BCUT2D eigenvalue weighted by molar-refractivity contribution is -0.152. The molecule has 2 aromatic heterocycles. The number of fused-ring (bicyclic) bond motifs is 1. The molecule has 0 saturated carbocycles. The fraction of sp³-hybridized carbons (Fsp3) is 0.267. The highest BCUT2D eigenvalue weighted by Gasteiger charge is 2.12. The van der Waals surface area contributed by atoms with Crippen molar-refractivity contribution in [2.45, 2.75) is 13.8 Å². The molecule has 2 N–H and O–H groups in total. The first-order valence-electron chi connectivity index (χ1n) is 7.21. The van der Waals surface area contributed by atoms with Gasteiger partial charge in [0.05, 0.1) is 5.69 Å². The number of nitrogens with zero attached hydrogens (tertiary/aromatic N) is 3. The van der Waals surface area contributed by atoms with Gasteiger partial charge in [0, 0.05) is 18.2 Å². The molecule has 0 spiro atoms. The lowest BCUT2D eigenvalue weighted by Crippen LogP contribution is -2.10. The molecule has 0 aliphatic heterocycles. The monoisotopic (exact) mass is 349 g/mol. The lowest BCUT2D eigenvalue weighted by Gasteiger charge is -2.07. The Balaban J connectivity index is 1.62. The predicted molar refractivity (Wildman–Crippen MR) is 88.7 cm³/mol. The fourth-order valence-electron chi connectivity index (χ4n) is 2.08. The Labute approximate surface area is 142 Å². The highest BCUT2D eigenvalue weighted by molar-refractivity contribution is 6.34. The second-order valence-corrected chi connectivity index (χ2v) is 5.45. The number of halogens is 1. The van der Waals surface area contributed by atoms with E-state index in [4.69, 9.17) is 16.3 Å². The quantitative estimate of drug-likeness (QED) is 0.403. The van der Waals surface area contributed by atoms with Gasteiger partial charge in [0.2, 0.25) is 0 Å². The van der Waals surface area contributed by atoms with Gasteiger partial charge in [-0.3, -0.25) is 4.79 Å². The summed E-state index contributed by atoms with van der Waals surface area (Å²) in [6.07, 6.45) is 0. The van der Waals surface area contributed by atoms with Crippen LogP contribution in [0.15, 0.2) is 24.3 Å². The topological polar surface area (TPSA) is 93.5 Å². The average molecular weight is 350 g/mol. The first-order valence-corrected chi connectivity index (χ1v) is 7.59. The Hall–Kier alpha value is -2.58. The third-order valence-electron chi connectivity index (χ3n) is 3.28. The number of aryl methyl sites for hydroxylation is 1. The molecule has 0 atom stereocenters. The second kappa shape index (κ2) is 6.90. The molecule has 24 heavy (non-hydrogen) atoms. The van der Waals surface area contributed by atoms with Gasteiger partial charge in [-0.05, 0) is 31.2 Å². The molecule has 3 rings (SSSR count). The summed E-state index contributed by atoms with van der Waals surface area (Å²) < 4.78 is 11.3. The molecule has 8 nitrogen and oxygen atoms in total.